The quantitative estimate of drug-likeness (QED) is 0.785. The number of aliphatic imine (C=N–C) groups is 1. The molecule has 100 valence electrons. The smallest absolute Gasteiger partial charge is 0.277 e. The second-order valence-electron chi connectivity index (χ2n) is 4.44. The monoisotopic (exact) mass is 272 g/mol. The summed E-state index contributed by atoms with van der Waals surface area (Å²) in [4.78, 5) is 17.8. The van der Waals surface area contributed by atoms with Crippen LogP contribution in [-0.4, -0.2) is 18.7 Å². The number of halogens is 2. The summed E-state index contributed by atoms with van der Waals surface area (Å²) in [5.41, 5.74) is 1.87. The normalized spacial score (nSPS) is 15.8. The number of anilines is 1. The molecule has 2 aromatic carbocycles. The van der Waals surface area contributed by atoms with Crippen molar-refractivity contribution < 1.29 is 13.6 Å². The van der Waals surface area contributed by atoms with E-state index < -0.39 is 11.6 Å². The van der Waals surface area contributed by atoms with E-state index in [0.717, 1.165) is 17.8 Å². The average molecular weight is 272 g/mol. The zero-order chi connectivity index (χ0) is 14.3. The number of rotatable bonds is 1. The molecule has 0 spiro atoms. The fraction of sp³-hybridized carbons (Fsp3) is 0.0667. The largest absolute Gasteiger partial charge is 0.309 e. The molecule has 0 N–H and O–H groups in total. The minimum absolute atomic E-state index is 0.206. The van der Waals surface area contributed by atoms with Gasteiger partial charge in [0.15, 0.2) is 11.6 Å². The van der Waals surface area contributed by atoms with Crippen molar-refractivity contribution in [1.29, 1.82) is 0 Å². The Bertz CT molecular complexity index is 740. The van der Waals surface area contributed by atoms with E-state index in [1.54, 1.807) is 25.2 Å². The summed E-state index contributed by atoms with van der Waals surface area (Å²) >= 11 is 0. The van der Waals surface area contributed by atoms with Gasteiger partial charge in [-0.1, -0.05) is 18.2 Å². The van der Waals surface area contributed by atoms with Gasteiger partial charge in [0.1, 0.15) is 5.71 Å². The predicted molar refractivity (Wildman–Crippen MR) is 72.4 cm³/mol. The van der Waals surface area contributed by atoms with Gasteiger partial charge in [0, 0.05) is 18.7 Å². The Kier molecular flexibility index (Phi) is 2.82. The zero-order valence-electron chi connectivity index (χ0n) is 10.6. The molecule has 1 amide bonds. The van der Waals surface area contributed by atoms with Gasteiger partial charge < -0.3 is 4.90 Å². The number of amides is 1. The maximum absolute atomic E-state index is 13.2. The first kappa shape index (κ1) is 12.5. The molecule has 2 aromatic rings. The number of nitrogens with zero attached hydrogens (tertiary/aromatic N) is 2. The molecule has 1 aliphatic rings. The van der Waals surface area contributed by atoms with E-state index in [1.807, 2.05) is 6.07 Å². The van der Waals surface area contributed by atoms with E-state index in [4.69, 9.17) is 0 Å². The topological polar surface area (TPSA) is 32.7 Å². The minimum atomic E-state index is -0.987. The fourth-order valence-corrected chi connectivity index (χ4v) is 2.14. The van der Waals surface area contributed by atoms with E-state index in [2.05, 4.69) is 4.99 Å². The maximum atomic E-state index is 13.2. The third kappa shape index (κ3) is 1.87. The number of benzene rings is 2. The van der Waals surface area contributed by atoms with Crippen molar-refractivity contribution in [3.8, 4) is 0 Å². The van der Waals surface area contributed by atoms with Crippen LogP contribution >= 0.6 is 0 Å². The first-order valence-electron chi connectivity index (χ1n) is 5.99. The van der Waals surface area contributed by atoms with Crippen LogP contribution in [0.4, 0.5) is 20.2 Å². The number of likely N-dealkylation sites (N-methyl/N-ethyl adjacent to an activating group) is 1. The molecule has 1 heterocycles. The fourth-order valence-electron chi connectivity index (χ4n) is 2.14. The molecular formula is C15H10F2N2O. The van der Waals surface area contributed by atoms with Crippen LogP contribution in [0.15, 0.2) is 47.5 Å². The van der Waals surface area contributed by atoms with Crippen LogP contribution in [0.2, 0.25) is 0 Å². The van der Waals surface area contributed by atoms with Crippen LogP contribution in [0.5, 0.6) is 0 Å². The Labute approximate surface area is 114 Å². The Morgan fingerprint density at radius 1 is 1.05 bits per heavy atom. The maximum Gasteiger partial charge on any atom is 0.277 e. The number of carbonyl (C=O) groups is 1. The second-order valence-corrected chi connectivity index (χ2v) is 4.44. The molecule has 0 aromatic heterocycles. The highest BCUT2D eigenvalue weighted by Gasteiger charge is 2.30. The van der Waals surface area contributed by atoms with Crippen molar-refractivity contribution in [3.63, 3.8) is 0 Å². The van der Waals surface area contributed by atoms with Crippen LogP contribution in [0.3, 0.4) is 0 Å². The highest BCUT2D eigenvalue weighted by atomic mass is 19.2. The SMILES string of the molecule is CN1C(=O)C(=Nc2ccc(F)c(F)c2)c2ccccc21. The van der Waals surface area contributed by atoms with E-state index in [0.29, 0.717) is 5.56 Å². The lowest BCUT2D eigenvalue weighted by molar-refractivity contribution is -0.111. The van der Waals surface area contributed by atoms with Crippen LogP contribution < -0.4 is 4.90 Å². The Morgan fingerprint density at radius 2 is 1.80 bits per heavy atom. The molecule has 0 bridgehead atoms. The van der Waals surface area contributed by atoms with Gasteiger partial charge in [-0.25, -0.2) is 13.8 Å². The number of carbonyl (C=O) groups excluding carboxylic acids is 1. The molecule has 1 aliphatic heterocycles. The Balaban J connectivity index is 2.12. The summed E-state index contributed by atoms with van der Waals surface area (Å²) in [5, 5.41) is 0. The third-order valence-corrected chi connectivity index (χ3v) is 3.17. The number of fused-ring (bicyclic) bond motifs is 1. The van der Waals surface area contributed by atoms with E-state index in [1.165, 1.54) is 11.0 Å². The van der Waals surface area contributed by atoms with Crippen LogP contribution in [0.25, 0.3) is 0 Å². The molecular weight excluding hydrogens is 262 g/mol. The van der Waals surface area contributed by atoms with E-state index >= 15 is 0 Å². The summed E-state index contributed by atoms with van der Waals surface area (Å²) < 4.78 is 26.1. The minimum Gasteiger partial charge on any atom is -0.309 e. The molecule has 0 radical (unpaired) electrons. The standard InChI is InChI=1S/C15H10F2N2O/c1-19-13-5-3-2-4-10(13)14(15(19)20)18-9-6-7-11(16)12(17)8-9/h2-8H,1H3. The van der Waals surface area contributed by atoms with Crippen molar-refractivity contribution in [1.82, 2.24) is 0 Å². The van der Waals surface area contributed by atoms with Gasteiger partial charge in [0.05, 0.1) is 11.4 Å². The van der Waals surface area contributed by atoms with Crippen molar-refractivity contribution in [2.24, 2.45) is 4.99 Å². The van der Waals surface area contributed by atoms with Crippen molar-refractivity contribution >= 4 is 23.0 Å². The molecule has 5 heteroatoms. The molecule has 0 saturated heterocycles. The van der Waals surface area contributed by atoms with Gasteiger partial charge in [0.2, 0.25) is 0 Å². The van der Waals surface area contributed by atoms with Crippen LogP contribution in [-0.2, 0) is 4.79 Å². The Morgan fingerprint density at radius 3 is 2.55 bits per heavy atom. The number of hydrogen-bond acceptors (Lipinski definition) is 2. The summed E-state index contributed by atoms with van der Waals surface area (Å²) in [6.07, 6.45) is 0. The van der Waals surface area contributed by atoms with Crippen LogP contribution in [0.1, 0.15) is 5.56 Å². The lowest BCUT2D eigenvalue weighted by Gasteiger charge is -2.07. The van der Waals surface area contributed by atoms with Gasteiger partial charge in [-0.2, -0.15) is 0 Å². The molecule has 3 rings (SSSR count). The van der Waals surface area contributed by atoms with Crippen molar-refractivity contribution in [2.75, 3.05) is 11.9 Å². The average Bonchev–Trinajstić information content (AvgIpc) is 2.69. The van der Waals surface area contributed by atoms with E-state index in [-0.39, 0.29) is 17.3 Å². The van der Waals surface area contributed by atoms with Crippen molar-refractivity contribution in [2.45, 2.75) is 0 Å². The lowest BCUT2D eigenvalue weighted by atomic mass is 10.1. The highest BCUT2D eigenvalue weighted by Crippen LogP contribution is 2.29. The number of para-hydroxylation sites is 1. The summed E-state index contributed by atoms with van der Waals surface area (Å²) in [6, 6.07) is 10.5. The van der Waals surface area contributed by atoms with Gasteiger partial charge >= 0.3 is 0 Å². The second kappa shape index (κ2) is 4.52. The summed E-state index contributed by atoms with van der Waals surface area (Å²) in [7, 11) is 1.65. The van der Waals surface area contributed by atoms with E-state index in [9.17, 15) is 13.6 Å². The molecule has 0 unspecified atom stereocenters. The van der Waals surface area contributed by atoms with Gasteiger partial charge in [-0.05, 0) is 18.2 Å². The summed E-state index contributed by atoms with van der Waals surface area (Å²) in [5.74, 6) is -2.20. The number of hydrogen-bond donors (Lipinski definition) is 0. The van der Waals surface area contributed by atoms with Crippen LogP contribution in [0, 0.1) is 11.6 Å². The molecule has 0 fully saturated rings. The first-order chi connectivity index (χ1) is 9.58. The highest BCUT2D eigenvalue weighted by molar-refractivity contribution is 6.54. The van der Waals surface area contributed by atoms with Crippen molar-refractivity contribution in [3.05, 3.63) is 59.7 Å². The van der Waals surface area contributed by atoms with Gasteiger partial charge in [-0.15, -0.1) is 0 Å². The molecule has 20 heavy (non-hydrogen) atoms. The predicted octanol–water partition coefficient (Wildman–Crippen LogP) is 3.06. The first-order valence-corrected chi connectivity index (χ1v) is 5.99. The molecule has 0 saturated carbocycles. The molecule has 3 nitrogen and oxygen atoms in total. The summed E-state index contributed by atoms with van der Waals surface area (Å²) in [6.45, 7) is 0. The van der Waals surface area contributed by atoms with Gasteiger partial charge in [0.25, 0.3) is 5.91 Å². The third-order valence-electron chi connectivity index (χ3n) is 3.17. The Hall–Kier alpha value is -2.56. The molecule has 0 aliphatic carbocycles. The molecule has 0 atom stereocenters. The van der Waals surface area contributed by atoms with Gasteiger partial charge in [-0.3, -0.25) is 4.79 Å². The zero-order valence-corrected chi connectivity index (χ0v) is 10.6. The lowest BCUT2D eigenvalue weighted by Crippen LogP contribution is -2.25.